The van der Waals surface area contributed by atoms with Crippen molar-refractivity contribution in [1.82, 2.24) is 4.90 Å². The number of fused-ring (bicyclic) bond motifs is 3. The molecule has 2 atom stereocenters. The van der Waals surface area contributed by atoms with Crippen molar-refractivity contribution in [1.29, 1.82) is 0 Å². The molecule has 0 aromatic heterocycles. The molecular weight excluding hydrogens is 524 g/mol. The number of ether oxygens (including phenoxy) is 1. The summed E-state index contributed by atoms with van der Waals surface area (Å²) in [4.78, 5) is 14.2. The van der Waals surface area contributed by atoms with Crippen molar-refractivity contribution in [2.75, 3.05) is 24.7 Å². The Morgan fingerprint density at radius 1 is 1.11 bits per heavy atom. The molecule has 1 saturated heterocycles. The number of benzene rings is 2. The van der Waals surface area contributed by atoms with Gasteiger partial charge in [-0.25, -0.2) is 25.6 Å². The summed E-state index contributed by atoms with van der Waals surface area (Å²) in [6, 6.07) is 5.83. The van der Waals surface area contributed by atoms with Crippen molar-refractivity contribution in [3.63, 3.8) is 0 Å². The van der Waals surface area contributed by atoms with Crippen LogP contribution in [0.15, 0.2) is 41.3 Å². The molecule has 0 N–H and O–H groups in total. The molecule has 2 aromatic rings. The molecule has 1 amide bonds. The maximum absolute atomic E-state index is 15.3. The number of likely N-dealkylation sites (tertiary alicyclic amines) is 1. The number of rotatable bonds is 6. The van der Waals surface area contributed by atoms with Gasteiger partial charge in [0, 0.05) is 23.7 Å². The fraction of sp³-hybridized carbons (Fsp3) is 0.435. The molecule has 4 rings (SSSR count). The zero-order chi connectivity index (χ0) is 25.6. The molecular formula is C23H24ClF2NO6S2. The van der Waals surface area contributed by atoms with Gasteiger partial charge in [0.15, 0.2) is 31.2 Å². The molecule has 0 bridgehead atoms. The number of nitrogens with zero attached hydrogens (tertiary/aromatic N) is 1. The van der Waals surface area contributed by atoms with Gasteiger partial charge >= 0.3 is 0 Å². The van der Waals surface area contributed by atoms with Crippen LogP contribution in [0.1, 0.15) is 31.7 Å². The normalized spacial score (nSPS) is 22.2. The maximum Gasteiger partial charge on any atom is 0.224 e. The van der Waals surface area contributed by atoms with E-state index in [0.29, 0.717) is 5.02 Å². The molecule has 12 heteroatoms. The summed E-state index contributed by atoms with van der Waals surface area (Å²) in [6.07, 6.45) is -0.274. The van der Waals surface area contributed by atoms with Gasteiger partial charge in [-0.1, -0.05) is 18.5 Å². The Bertz CT molecular complexity index is 1370. The second-order valence-corrected chi connectivity index (χ2v) is 13.7. The second-order valence-electron chi connectivity index (χ2n) is 8.58. The summed E-state index contributed by atoms with van der Waals surface area (Å²) in [5.41, 5.74) is -0.456. The molecule has 2 heterocycles. The molecule has 2 aliphatic rings. The van der Waals surface area contributed by atoms with Crippen LogP contribution in [0.25, 0.3) is 0 Å². The second kappa shape index (κ2) is 9.33. The average Bonchev–Trinajstić information content (AvgIpc) is 2.84. The van der Waals surface area contributed by atoms with E-state index in [2.05, 4.69) is 0 Å². The Morgan fingerprint density at radius 2 is 1.77 bits per heavy atom. The fourth-order valence-corrected chi connectivity index (χ4v) is 8.18. The Kier molecular flexibility index (Phi) is 6.89. The van der Waals surface area contributed by atoms with E-state index >= 15 is 4.39 Å². The third kappa shape index (κ3) is 4.31. The standard InChI is InChI=1S/C23H24ClF2NO6S2/c1-2-34(29,30)13-10-20(28)27-12-3-11-23(35(31,32)16-6-4-15(24)5-7-16)19(27)14-33-22-18(26)9-8-17(25)21(22)23/h4-9,19H,2-3,10-14H2,1H3/t19-,23+/m0/s1. The lowest BCUT2D eigenvalue weighted by molar-refractivity contribution is -0.137. The van der Waals surface area contributed by atoms with E-state index in [9.17, 15) is 26.0 Å². The number of amides is 1. The van der Waals surface area contributed by atoms with E-state index < -0.39 is 71.7 Å². The first kappa shape index (κ1) is 25.8. The van der Waals surface area contributed by atoms with Gasteiger partial charge < -0.3 is 9.64 Å². The van der Waals surface area contributed by atoms with Crippen LogP contribution in [-0.4, -0.2) is 58.3 Å². The molecule has 2 aliphatic heterocycles. The first-order valence-electron chi connectivity index (χ1n) is 11.1. The van der Waals surface area contributed by atoms with Crippen LogP contribution in [0.4, 0.5) is 8.78 Å². The topological polar surface area (TPSA) is 97.8 Å². The van der Waals surface area contributed by atoms with Gasteiger partial charge in [-0.05, 0) is 49.2 Å². The quantitative estimate of drug-likeness (QED) is 0.549. The smallest absolute Gasteiger partial charge is 0.224 e. The summed E-state index contributed by atoms with van der Waals surface area (Å²) < 4.78 is 85.8. The monoisotopic (exact) mass is 547 g/mol. The van der Waals surface area contributed by atoms with E-state index in [-0.39, 0.29) is 36.5 Å². The summed E-state index contributed by atoms with van der Waals surface area (Å²) in [5, 5.41) is 0.292. The SMILES string of the molecule is CCS(=O)(=O)CCC(=O)N1CCC[C@]2(S(=O)(=O)c3ccc(Cl)cc3)c3c(F)ccc(F)c3OC[C@H]12. The third-order valence-corrected chi connectivity index (χ3v) is 11.2. The van der Waals surface area contributed by atoms with E-state index in [4.69, 9.17) is 16.3 Å². The zero-order valence-corrected chi connectivity index (χ0v) is 21.2. The number of hydrogen-bond acceptors (Lipinski definition) is 6. The van der Waals surface area contributed by atoms with Crippen LogP contribution in [0.3, 0.4) is 0 Å². The van der Waals surface area contributed by atoms with Crippen molar-refractivity contribution in [2.45, 2.75) is 41.9 Å². The van der Waals surface area contributed by atoms with Crippen LogP contribution in [0, 0.1) is 11.6 Å². The zero-order valence-electron chi connectivity index (χ0n) is 18.8. The summed E-state index contributed by atoms with van der Waals surface area (Å²) in [6.45, 7) is 1.20. The first-order chi connectivity index (χ1) is 16.4. The van der Waals surface area contributed by atoms with Gasteiger partial charge in [0.2, 0.25) is 5.91 Å². The summed E-state index contributed by atoms with van der Waals surface area (Å²) in [5.74, 6) is -3.51. The number of hydrogen-bond donors (Lipinski definition) is 0. The van der Waals surface area contributed by atoms with Crippen molar-refractivity contribution < 1.29 is 35.1 Å². The van der Waals surface area contributed by atoms with E-state index in [1.165, 1.54) is 36.1 Å². The lowest BCUT2D eigenvalue weighted by atomic mass is 9.80. The lowest BCUT2D eigenvalue weighted by Gasteiger charge is -2.51. The van der Waals surface area contributed by atoms with Gasteiger partial charge in [-0.15, -0.1) is 0 Å². The van der Waals surface area contributed by atoms with Gasteiger partial charge in [0.25, 0.3) is 0 Å². The van der Waals surface area contributed by atoms with E-state index in [0.717, 1.165) is 12.1 Å². The molecule has 0 saturated carbocycles. The van der Waals surface area contributed by atoms with Crippen molar-refractivity contribution >= 4 is 37.2 Å². The highest BCUT2D eigenvalue weighted by Crippen LogP contribution is 2.53. The third-order valence-electron chi connectivity index (χ3n) is 6.72. The van der Waals surface area contributed by atoms with E-state index in [1.54, 1.807) is 0 Å². The van der Waals surface area contributed by atoms with Gasteiger partial charge in [-0.2, -0.15) is 0 Å². The maximum atomic E-state index is 15.3. The van der Waals surface area contributed by atoms with Crippen molar-refractivity contribution in [3.8, 4) is 5.75 Å². The molecule has 0 unspecified atom stereocenters. The Hall–Kier alpha value is -2.24. The molecule has 7 nitrogen and oxygen atoms in total. The predicted octanol–water partition coefficient (Wildman–Crippen LogP) is 3.50. The van der Waals surface area contributed by atoms with Crippen LogP contribution in [0.5, 0.6) is 5.75 Å². The molecule has 2 aromatic carbocycles. The number of carbonyl (C=O) groups is 1. The molecule has 0 spiro atoms. The number of halogens is 3. The molecule has 35 heavy (non-hydrogen) atoms. The molecule has 190 valence electrons. The highest BCUT2D eigenvalue weighted by molar-refractivity contribution is 7.92. The highest BCUT2D eigenvalue weighted by Gasteiger charge is 2.61. The molecule has 0 radical (unpaired) electrons. The minimum atomic E-state index is -4.43. The number of carbonyl (C=O) groups excluding carboxylic acids is 1. The Labute approximate surface area is 207 Å². The average molecular weight is 548 g/mol. The Balaban J connectivity index is 1.89. The number of sulfone groups is 2. The molecule has 0 aliphatic carbocycles. The largest absolute Gasteiger partial charge is 0.488 e. The Morgan fingerprint density at radius 3 is 2.43 bits per heavy atom. The minimum absolute atomic E-state index is 0.0869. The van der Waals surface area contributed by atoms with Crippen LogP contribution in [0.2, 0.25) is 5.02 Å². The fourth-order valence-electron chi connectivity index (χ4n) is 4.93. The van der Waals surface area contributed by atoms with Crippen LogP contribution >= 0.6 is 11.6 Å². The summed E-state index contributed by atoms with van der Waals surface area (Å²) >= 11 is 5.93. The minimum Gasteiger partial charge on any atom is -0.488 e. The molecule has 1 fully saturated rings. The van der Waals surface area contributed by atoms with Gasteiger partial charge in [0.1, 0.15) is 17.2 Å². The lowest BCUT2D eigenvalue weighted by Crippen LogP contribution is -2.64. The van der Waals surface area contributed by atoms with Crippen LogP contribution < -0.4 is 4.74 Å². The highest BCUT2D eigenvalue weighted by atomic mass is 35.5. The summed E-state index contributed by atoms with van der Waals surface area (Å²) in [7, 11) is -7.88. The van der Waals surface area contributed by atoms with Crippen molar-refractivity contribution in [3.05, 3.63) is 58.6 Å². The van der Waals surface area contributed by atoms with Crippen molar-refractivity contribution in [2.24, 2.45) is 0 Å². The van der Waals surface area contributed by atoms with Crippen LogP contribution in [-0.2, 0) is 29.2 Å². The first-order valence-corrected chi connectivity index (χ1v) is 14.7. The van der Waals surface area contributed by atoms with Gasteiger partial charge in [-0.3, -0.25) is 4.79 Å². The van der Waals surface area contributed by atoms with Gasteiger partial charge in [0.05, 0.1) is 22.3 Å². The van der Waals surface area contributed by atoms with E-state index in [1.807, 2.05) is 0 Å². The number of piperidine rings is 1. The predicted molar refractivity (Wildman–Crippen MR) is 126 cm³/mol.